The van der Waals surface area contributed by atoms with E-state index in [0.717, 1.165) is 18.4 Å². The molecule has 0 aromatic heterocycles. The van der Waals surface area contributed by atoms with Crippen molar-refractivity contribution in [1.82, 2.24) is 10.6 Å². The van der Waals surface area contributed by atoms with Gasteiger partial charge in [-0.3, -0.25) is 9.59 Å². The standard InChI is InChI=1S/C15H20N2O2/c1-11(9-12-5-3-2-4-6-12)15(19)16-10-14(18)17-13-7-8-13/h2-6,11,13H,7-10H2,1H3,(H,16,19)(H,17,18). The van der Waals surface area contributed by atoms with Crippen LogP contribution in [-0.4, -0.2) is 24.4 Å². The molecule has 1 fully saturated rings. The maximum atomic E-state index is 11.9. The van der Waals surface area contributed by atoms with E-state index in [4.69, 9.17) is 0 Å². The molecule has 19 heavy (non-hydrogen) atoms. The Bertz CT molecular complexity index is 441. The first-order chi connectivity index (χ1) is 9.15. The minimum atomic E-state index is -0.129. The van der Waals surface area contributed by atoms with Crippen LogP contribution in [0.15, 0.2) is 30.3 Å². The van der Waals surface area contributed by atoms with Gasteiger partial charge >= 0.3 is 0 Å². The van der Waals surface area contributed by atoms with Crippen LogP contribution >= 0.6 is 0 Å². The van der Waals surface area contributed by atoms with Crippen LogP contribution in [0.1, 0.15) is 25.3 Å². The van der Waals surface area contributed by atoms with Gasteiger partial charge in [-0.1, -0.05) is 37.3 Å². The highest BCUT2D eigenvalue weighted by atomic mass is 16.2. The molecule has 1 unspecified atom stereocenters. The molecule has 0 bridgehead atoms. The fourth-order valence-electron chi connectivity index (χ4n) is 1.91. The van der Waals surface area contributed by atoms with E-state index in [1.165, 1.54) is 0 Å². The second-order valence-corrected chi connectivity index (χ2v) is 5.15. The van der Waals surface area contributed by atoms with Crippen molar-refractivity contribution in [3.63, 3.8) is 0 Å². The van der Waals surface area contributed by atoms with Crippen molar-refractivity contribution >= 4 is 11.8 Å². The molecule has 4 heteroatoms. The lowest BCUT2D eigenvalue weighted by molar-refractivity contribution is -0.128. The predicted octanol–water partition coefficient (Wildman–Crippen LogP) is 1.26. The van der Waals surface area contributed by atoms with E-state index in [2.05, 4.69) is 10.6 Å². The van der Waals surface area contributed by atoms with E-state index in [-0.39, 0.29) is 24.3 Å². The van der Waals surface area contributed by atoms with E-state index in [9.17, 15) is 9.59 Å². The molecule has 1 atom stereocenters. The third-order valence-corrected chi connectivity index (χ3v) is 3.20. The highest BCUT2D eigenvalue weighted by molar-refractivity contribution is 5.86. The van der Waals surface area contributed by atoms with Gasteiger partial charge in [0.25, 0.3) is 0 Å². The van der Waals surface area contributed by atoms with Crippen LogP contribution in [-0.2, 0) is 16.0 Å². The van der Waals surface area contributed by atoms with Crippen LogP contribution in [0.5, 0.6) is 0 Å². The molecular formula is C15H20N2O2. The van der Waals surface area contributed by atoms with Crippen molar-refractivity contribution in [3.8, 4) is 0 Å². The fourth-order valence-corrected chi connectivity index (χ4v) is 1.91. The first-order valence-electron chi connectivity index (χ1n) is 6.76. The van der Waals surface area contributed by atoms with Crippen molar-refractivity contribution in [2.24, 2.45) is 5.92 Å². The van der Waals surface area contributed by atoms with Crippen molar-refractivity contribution < 1.29 is 9.59 Å². The normalized spacial score (nSPS) is 15.6. The van der Waals surface area contributed by atoms with Crippen LogP contribution in [0.3, 0.4) is 0 Å². The Morgan fingerprint density at radius 1 is 1.26 bits per heavy atom. The molecule has 2 rings (SSSR count). The molecule has 1 aromatic carbocycles. The van der Waals surface area contributed by atoms with Crippen molar-refractivity contribution in [2.75, 3.05) is 6.54 Å². The monoisotopic (exact) mass is 260 g/mol. The lowest BCUT2D eigenvalue weighted by atomic mass is 10.0. The number of hydrogen-bond acceptors (Lipinski definition) is 2. The molecule has 2 amide bonds. The summed E-state index contributed by atoms with van der Waals surface area (Å²) in [6.07, 6.45) is 2.81. The Kier molecular flexibility index (Phi) is 4.55. The van der Waals surface area contributed by atoms with Crippen molar-refractivity contribution in [1.29, 1.82) is 0 Å². The average Bonchev–Trinajstić information content (AvgIpc) is 3.21. The summed E-state index contributed by atoms with van der Waals surface area (Å²) in [6.45, 7) is 1.95. The molecular weight excluding hydrogens is 240 g/mol. The minimum absolute atomic E-state index is 0.0743. The third kappa shape index (κ3) is 4.73. The van der Waals surface area contributed by atoms with Gasteiger partial charge in [-0.25, -0.2) is 0 Å². The molecule has 1 aliphatic rings. The fraction of sp³-hybridized carbons (Fsp3) is 0.467. The van der Waals surface area contributed by atoms with Gasteiger partial charge in [0.15, 0.2) is 0 Å². The Balaban J connectivity index is 1.71. The Morgan fingerprint density at radius 2 is 1.95 bits per heavy atom. The van der Waals surface area contributed by atoms with Gasteiger partial charge < -0.3 is 10.6 Å². The summed E-state index contributed by atoms with van der Waals surface area (Å²) in [5.41, 5.74) is 1.13. The van der Waals surface area contributed by atoms with Crippen LogP contribution < -0.4 is 10.6 Å². The lowest BCUT2D eigenvalue weighted by Gasteiger charge is -2.12. The Morgan fingerprint density at radius 3 is 2.58 bits per heavy atom. The lowest BCUT2D eigenvalue weighted by Crippen LogP contribution is -2.40. The van der Waals surface area contributed by atoms with Crippen LogP contribution in [0.2, 0.25) is 0 Å². The number of nitrogens with one attached hydrogen (secondary N) is 2. The summed E-state index contributed by atoms with van der Waals surface area (Å²) in [5.74, 6) is -0.298. The summed E-state index contributed by atoms with van der Waals surface area (Å²) in [4.78, 5) is 23.3. The van der Waals surface area contributed by atoms with Crippen LogP contribution in [0.4, 0.5) is 0 Å². The molecule has 4 nitrogen and oxygen atoms in total. The maximum absolute atomic E-state index is 11.9. The number of rotatable bonds is 6. The zero-order valence-electron chi connectivity index (χ0n) is 11.2. The summed E-state index contributed by atoms with van der Waals surface area (Å²) < 4.78 is 0. The zero-order valence-corrected chi connectivity index (χ0v) is 11.2. The Hall–Kier alpha value is -1.84. The maximum Gasteiger partial charge on any atom is 0.239 e. The van der Waals surface area contributed by atoms with E-state index in [1.54, 1.807) is 0 Å². The summed E-state index contributed by atoms with van der Waals surface area (Å²) in [7, 11) is 0. The van der Waals surface area contributed by atoms with Gasteiger partial charge in [0, 0.05) is 12.0 Å². The molecule has 1 aromatic rings. The van der Waals surface area contributed by atoms with E-state index >= 15 is 0 Å². The molecule has 102 valence electrons. The minimum Gasteiger partial charge on any atom is -0.352 e. The largest absolute Gasteiger partial charge is 0.352 e. The van der Waals surface area contributed by atoms with Gasteiger partial charge in [-0.2, -0.15) is 0 Å². The number of benzene rings is 1. The van der Waals surface area contributed by atoms with E-state index in [0.29, 0.717) is 12.5 Å². The highest BCUT2D eigenvalue weighted by Crippen LogP contribution is 2.18. The quantitative estimate of drug-likeness (QED) is 0.809. The molecule has 1 saturated carbocycles. The number of carbonyl (C=O) groups is 2. The van der Waals surface area contributed by atoms with Crippen molar-refractivity contribution in [3.05, 3.63) is 35.9 Å². The SMILES string of the molecule is CC(Cc1ccccc1)C(=O)NCC(=O)NC1CC1. The number of hydrogen-bond donors (Lipinski definition) is 2. The second kappa shape index (κ2) is 6.36. The van der Waals surface area contributed by atoms with Gasteiger partial charge in [-0.05, 0) is 24.8 Å². The summed E-state index contributed by atoms with van der Waals surface area (Å²) in [5, 5.41) is 5.53. The van der Waals surface area contributed by atoms with Gasteiger partial charge in [0.2, 0.25) is 11.8 Å². The molecule has 0 aliphatic heterocycles. The molecule has 0 heterocycles. The van der Waals surface area contributed by atoms with Crippen molar-refractivity contribution in [2.45, 2.75) is 32.2 Å². The van der Waals surface area contributed by atoms with Crippen LogP contribution in [0.25, 0.3) is 0 Å². The molecule has 2 N–H and O–H groups in total. The number of carbonyl (C=O) groups excluding carboxylic acids is 2. The second-order valence-electron chi connectivity index (χ2n) is 5.15. The third-order valence-electron chi connectivity index (χ3n) is 3.20. The molecule has 0 spiro atoms. The summed E-state index contributed by atoms with van der Waals surface area (Å²) in [6, 6.07) is 10.2. The topological polar surface area (TPSA) is 58.2 Å². The van der Waals surface area contributed by atoms with Crippen LogP contribution in [0, 0.1) is 5.92 Å². The van der Waals surface area contributed by atoms with Gasteiger partial charge in [0.1, 0.15) is 0 Å². The first kappa shape index (κ1) is 13.6. The zero-order chi connectivity index (χ0) is 13.7. The average molecular weight is 260 g/mol. The molecule has 0 saturated heterocycles. The van der Waals surface area contributed by atoms with E-state index < -0.39 is 0 Å². The predicted molar refractivity (Wildman–Crippen MR) is 73.5 cm³/mol. The van der Waals surface area contributed by atoms with Gasteiger partial charge in [-0.15, -0.1) is 0 Å². The first-order valence-corrected chi connectivity index (χ1v) is 6.76. The summed E-state index contributed by atoms with van der Waals surface area (Å²) >= 11 is 0. The smallest absolute Gasteiger partial charge is 0.239 e. The molecule has 1 aliphatic carbocycles. The molecule has 0 radical (unpaired) electrons. The van der Waals surface area contributed by atoms with Gasteiger partial charge in [0.05, 0.1) is 6.54 Å². The Labute approximate surface area is 113 Å². The number of amides is 2. The van der Waals surface area contributed by atoms with E-state index in [1.807, 2.05) is 37.3 Å². The highest BCUT2D eigenvalue weighted by Gasteiger charge is 2.23.